The van der Waals surface area contributed by atoms with Gasteiger partial charge in [-0.15, -0.1) is 0 Å². The van der Waals surface area contributed by atoms with Crippen molar-refractivity contribution in [1.29, 1.82) is 0 Å². The van der Waals surface area contributed by atoms with Crippen LogP contribution < -0.4 is 19.5 Å². The lowest BCUT2D eigenvalue weighted by Crippen LogP contribution is -2.41. The molecule has 0 heterocycles. The summed E-state index contributed by atoms with van der Waals surface area (Å²) in [6, 6.07) is 21.2. The van der Waals surface area contributed by atoms with E-state index in [1.165, 1.54) is 19.1 Å². The number of amides is 1. The van der Waals surface area contributed by atoms with Gasteiger partial charge in [-0.05, 0) is 74.5 Å². The van der Waals surface area contributed by atoms with Crippen LogP contribution in [0.25, 0.3) is 0 Å². The average Bonchev–Trinajstić information content (AvgIpc) is 2.76. The second kappa shape index (κ2) is 10.1. The third kappa shape index (κ3) is 6.31. The van der Waals surface area contributed by atoms with Crippen molar-refractivity contribution < 1.29 is 22.7 Å². The summed E-state index contributed by atoms with van der Waals surface area (Å²) in [7, 11) is -3.86. The van der Waals surface area contributed by atoms with Crippen LogP contribution in [0.4, 0.5) is 5.69 Å². The van der Waals surface area contributed by atoms with E-state index in [9.17, 15) is 13.2 Å². The minimum absolute atomic E-state index is 0.0537. The molecule has 7 nitrogen and oxygen atoms in total. The molecule has 3 rings (SSSR count). The monoisotopic (exact) mass is 440 g/mol. The van der Waals surface area contributed by atoms with Crippen LogP contribution in [0.2, 0.25) is 0 Å². The van der Waals surface area contributed by atoms with Gasteiger partial charge in [-0.2, -0.15) is 4.72 Å². The first-order valence-corrected chi connectivity index (χ1v) is 11.2. The van der Waals surface area contributed by atoms with Crippen molar-refractivity contribution in [3.05, 3.63) is 78.9 Å². The number of para-hydroxylation sites is 1. The van der Waals surface area contributed by atoms with Gasteiger partial charge < -0.3 is 14.8 Å². The Kier molecular flexibility index (Phi) is 7.28. The second-order valence-corrected chi connectivity index (χ2v) is 8.39. The zero-order valence-corrected chi connectivity index (χ0v) is 18.1. The third-order valence-electron chi connectivity index (χ3n) is 4.27. The predicted molar refractivity (Wildman–Crippen MR) is 119 cm³/mol. The van der Waals surface area contributed by atoms with Gasteiger partial charge >= 0.3 is 0 Å². The van der Waals surface area contributed by atoms with Crippen molar-refractivity contribution in [1.82, 2.24) is 4.72 Å². The maximum atomic E-state index is 12.5. The lowest BCUT2D eigenvalue weighted by atomic mass is 10.2. The fourth-order valence-corrected chi connectivity index (χ4v) is 3.92. The lowest BCUT2D eigenvalue weighted by Gasteiger charge is -2.15. The molecule has 0 aromatic heterocycles. The number of carbonyl (C=O) groups excluding carboxylic acids is 1. The van der Waals surface area contributed by atoms with E-state index in [-0.39, 0.29) is 4.90 Å². The summed E-state index contributed by atoms with van der Waals surface area (Å²) in [6.45, 7) is 3.81. The first kappa shape index (κ1) is 22.3. The molecule has 0 aliphatic carbocycles. The zero-order valence-electron chi connectivity index (χ0n) is 17.2. The average molecular weight is 441 g/mol. The first-order chi connectivity index (χ1) is 14.9. The molecule has 0 saturated heterocycles. The zero-order chi connectivity index (χ0) is 22.3. The molecule has 0 aliphatic heterocycles. The quantitative estimate of drug-likeness (QED) is 0.521. The number of hydrogen-bond acceptors (Lipinski definition) is 5. The molecule has 0 fully saturated rings. The second-order valence-electron chi connectivity index (χ2n) is 6.68. The molecule has 0 spiro atoms. The highest BCUT2D eigenvalue weighted by Gasteiger charge is 2.22. The van der Waals surface area contributed by atoms with Gasteiger partial charge in [-0.25, -0.2) is 8.42 Å². The maximum Gasteiger partial charge on any atom is 0.242 e. The van der Waals surface area contributed by atoms with E-state index in [4.69, 9.17) is 9.47 Å². The van der Waals surface area contributed by atoms with Crippen molar-refractivity contribution in [2.75, 3.05) is 11.9 Å². The molecule has 1 atom stereocenters. The standard InChI is InChI=1S/C23H24N2O5S/c1-3-29-19-13-15-22(16-14-19)31(27,28)25-17(2)23(26)24-18-9-11-21(12-10-18)30-20-7-5-4-6-8-20/h4-17,25H,3H2,1-2H3,(H,24,26)/t17-/m1/s1. The van der Waals surface area contributed by atoms with Gasteiger partial charge in [0, 0.05) is 5.69 Å². The predicted octanol–water partition coefficient (Wildman–Crippen LogP) is 4.18. The summed E-state index contributed by atoms with van der Waals surface area (Å²) >= 11 is 0. The molecule has 0 unspecified atom stereocenters. The highest BCUT2D eigenvalue weighted by Crippen LogP contribution is 2.23. The van der Waals surface area contributed by atoms with E-state index in [0.717, 1.165) is 0 Å². The van der Waals surface area contributed by atoms with E-state index in [1.54, 1.807) is 36.4 Å². The Hall–Kier alpha value is -3.36. The van der Waals surface area contributed by atoms with Gasteiger partial charge in [0.15, 0.2) is 0 Å². The lowest BCUT2D eigenvalue weighted by molar-refractivity contribution is -0.117. The molecule has 162 valence electrons. The molecule has 3 aromatic rings. The Bertz CT molecular complexity index is 1100. The van der Waals surface area contributed by atoms with Crippen molar-refractivity contribution >= 4 is 21.6 Å². The number of carbonyl (C=O) groups is 1. The number of ether oxygens (including phenoxy) is 2. The van der Waals surface area contributed by atoms with Crippen molar-refractivity contribution in [3.63, 3.8) is 0 Å². The summed E-state index contributed by atoms with van der Waals surface area (Å²) in [6.07, 6.45) is 0. The van der Waals surface area contributed by atoms with Crippen molar-refractivity contribution in [2.45, 2.75) is 24.8 Å². The molecular formula is C23H24N2O5S. The summed E-state index contributed by atoms with van der Waals surface area (Å²) < 4.78 is 38.5. The fraction of sp³-hybridized carbons (Fsp3) is 0.174. The summed E-state index contributed by atoms with van der Waals surface area (Å²) in [5, 5.41) is 2.69. The van der Waals surface area contributed by atoms with Crippen LogP contribution in [0.5, 0.6) is 17.2 Å². The maximum absolute atomic E-state index is 12.5. The summed E-state index contributed by atoms with van der Waals surface area (Å²) in [4.78, 5) is 12.5. The van der Waals surface area contributed by atoms with Crippen LogP contribution in [-0.2, 0) is 14.8 Å². The molecule has 0 aliphatic rings. The number of rotatable bonds is 9. The number of nitrogens with one attached hydrogen (secondary N) is 2. The van der Waals surface area contributed by atoms with Crippen LogP contribution in [0.1, 0.15) is 13.8 Å². The van der Waals surface area contributed by atoms with Gasteiger partial charge in [0.25, 0.3) is 0 Å². The Morgan fingerprint density at radius 3 is 2.06 bits per heavy atom. The molecule has 2 N–H and O–H groups in total. The van der Waals surface area contributed by atoms with Crippen LogP contribution in [0, 0.1) is 0 Å². The summed E-state index contributed by atoms with van der Waals surface area (Å²) in [5.41, 5.74) is 0.525. The number of benzene rings is 3. The van der Waals surface area contributed by atoms with Gasteiger partial charge in [0.1, 0.15) is 17.2 Å². The van der Waals surface area contributed by atoms with Gasteiger partial charge in [-0.3, -0.25) is 4.79 Å². The van der Waals surface area contributed by atoms with Gasteiger partial charge in [0.05, 0.1) is 17.5 Å². The number of hydrogen-bond donors (Lipinski definition) is 2. The third-order valence-corrected chi connectivity index (χ3v) is 5.83. The van der Waals surface area contributed by atoms with Gasteiger partial charge in [0.2, 0.25) is 15.9 Å². The smallest absolute Gasteiger partial charge is 0.242 e. The van der Waals surface area contributed by atoms with Crippen LogP contribution >= 0.6 is 0 Å². The minimum atomic E-state index is -3.86. The molecule has 0 bridgehead atoms. The highest BCUT2D eigenvalue weighted by molar-refractivity contribution is 7.89. The first-order valence-electron chi connectivity index (χ1n) is 9.76. The molecule has 1 amide bonds. The largest absolute Gasteiger partial charge is 0.494 e. The highest BCUT2D eigenvalue weighted by atomic mass is 32.2. The molecule has 0 saturated carbocycles. The minimum Gasteiger partial charge on any atom is -0.494 e. The molecule has 8 heteroatoms. The van der Waals surface area contributed by atoms with E-state index in [1.807, 2.05) is 37.3 Å². The van der Waals surface area contributed by atoms with Crippen LogP contribution in [0.3, 0.4) is 0 Å². The normalized spacial score (nSPS) is 12.1. The van der Waals surface area contributed by atoms with E-state index < -0.39 is 22.0 Å². The van der Waals surface area contributed by atoms with Crippen molar-refractivity contribution in [3.8, 4) is 17.2 Å². The Morgan fingerprint density at radius 1 is 0.871 bits per heavy atom. The molecular weight excluding hydrogens is 416 g/mol. The SMILES string of the molecule is CCOc1ccc(S(=O)(=O)N[C@H](C)C(=O)Nc2ccc(Oc3ccccc3)cc2)cc1. The fourth-order valence-electron chi connectivity index (χ4n) is 2.72. The van der Waals surface area contributed by atoms with E-state index in [0.29, 0.717) is 29.5 Å². The molecule has 3 aromatic carbocycles. The Morgan fingerprint density at radius 2 is 1.45 bits per heavy atom. The number of sulfonamides is 1. The Labute approximate surface area is 182 Å². The molecule has 31 heavy (non-hydrogen) atoms. The topological polar surface area (TPSA) is 93.7 Å². The van der Waals surface area contributed by atoms with Crippen LogP contribution in [-0.4, -0.2) is 27.0 Å². The van der Waals surface area contributed by atoms with Crippen molar-refractivity contribution in [2.24, 2.45) is 0 Å². The summed E-state index contributed by atoms with van der Waals surface area (Å²) in [5.74, 6) is 1.42. The number of anilines is 1. The molecule has 0 radical (unpaired) electrons. The van der Waals surface area contributed by atoms with E-state index in [2.05, 4.69) is 10.0 Å². The van der Waals surface area contributed by atoms with E-state index >= 15 is 0 Å². The van der Waals surface area contributed by atoms with Crippen LogP contribution in [0.15, 0.2) is 83.8 Å². The Balaban J connectivity index is 1.58. The van der Waals surface area contributed by atoms with Gasteiger partial charge in [-0.1, -0.05) is 18.2 Å².